The summed E-state index contributed by atoms with van der Waals surface area (Å²) in [5.74, 6) is 0. The van der Waals surface area contributed by atoms with Crippen molar-refractivity contribution < 1.29 is 4.55 Å². The number of rotatable bonds is 3. The molecule has 1 unspecified atom stereocenters. The third kappa shape index (κ3) is 4.45. The Kier molecular flexibility index (Phi) is 5.22. The first-order chi connectivity index (χ1) is 7.82. The molecule has 0 bridgehead atoms. The van der Waals surface area contributed by atoms with Gasteiger partial charge in [0.25, 0.3) is 0 Å². The van der Waals surface area contributed by atoms with E-state index < -0.39 is 11.4 Å². The van der Waals surface area contributed by atoms with Crippen molar-refractivity contribution in [3.05, 3.63) is 33.8 Å². The van der Waals surface area contributed by atoms with E-state index in [1.54, 1.807) is 6.21 Å². The fourth-order valence-electron chi connectivity index (χ4n) is 1.23. The lowest BCUT2D eigenvalue weighted by molar-refractivity contribution is 0.561. The van der Waals surface area contributed by atoms with Crippen molar-refractivity contribution in [3.63, 3.8) is 0 Å². The molecule has 0 aliphatic carbocycles. The largest absolute Gasteiger partial charge is 0.591 e. The number of hydrogen-bond donors (Lipinski definition) is 0. The van der Waals surface area contributed by atoms with Crippen LogP contribution in [-0.2, 0) is 17.8 Å². The Labute approximate surface area is 115 Å². The third-order valence-corrected chi connectivity index (χ3v) is 4.63. The van der Waals surface area contributed by atoms with Crippen LogP contribution in [0.2, 0.25) is 0 Å². The lowest BCUT2D eigenvalue weighted by Gasteiger charge is -2.17. The van der Waals surface area contributed by atoms with Gasteiger partial charge in [0.1, 0.15) is 16.1 Å². The molecule has 0 aliphatic rings. The highest BCUT2D eigenvalue weighted by Crippen LogP contribution is 2.20. The predicted octanol–water partition coefficient (Wildman–Crippen LogP) is 3.83. The van der Waals surface area contributed by atoms with Crippen molar-refractivity contribution in [2.45, 2.75) is 38.9 Å². The first kappa shape index (κ1) is 14.7. The normalized spacial score (nSPS) is 14.2. The standard InChI is InChI=1S/C13H18BrNOS/c1-10-11(6-5-7-12(10)14)8-9-15-17(16)13(2,3)4/h5-7,9H,8H2,1-4H3/b15-9+. The molecule has 0 saturated heterocycles. The van der Waals surface area contributed by atoms with Gasteiger partial charge < -0.3 is 4.55 Å². The minimum atomic E-state index is -1.17. The van der Waals surface area contributed by atoms with E-state index in [0.29, 0.717) is 6.42 Å². The van der Waals surface area contributed by atoms with Crippen LogP contribution in [0.5, 0.6) is 0 Å². The second-order valence-corrected chi connectivity index (χ2v) is 7.67. The molecule has 4 heteroatoms. The van der Waals surface area contributed by atoms with Crippen molar-refractivity contribution >= 4 is 33.5 Å². The van der Waals surface area contributed by atoms with Crippen molar-refractivity contribution in [3.8, 4) is 0 Å². The zero-order chi connectivity index (χ0) is 13.1. The van der Waals surface area contributed by atoms with Gasteiger partial charge >= 0.3 is 0 Å². The second kappa shape index (κ2) is 6.03. The quantitative estimate of drug-likeness (QED) is 0.616. The van der Waals surface area contributed by atoms with E-state index in [1.165, 1.54) is 11.1 Å². The maximum Gasteiger partial charge on any atom is 0.144 e. The number of benzene rings is 1. The molecular weight excluding hydrogens is 298 g/mol. The molecule has 1 aromatic carbocycles. The van der Waals surface area contributed by atoms with Gasteiger partial charge in [-0.25, -0.2) is 0 Å². The van der Waals surface area contributed by atoms with Crippen LogP contribution in [0.1, 0.15) is 31.9 Å². The van der Waals surface area contributed by atoms with Crippen molar-refractivity contribution in [2.24, 2.45) is 4.40 Å². The van der Waals surface area contributed by atoms with Crippen LogP contribution >= 0.6 is 15.9 Å². The minimum absolute atomic E-state index is 0.289. The van der Waals surface area contributed by atoms with Gasteiger partial charge in [0.2, 0.25) is 0 Å². The summed E-state index contributed by atoms with van der Waals surface area (Å²) >= 11 is 2.33. The Hall–Kier alpha value is -0.320. The zero-order valence-electron chi connectivity index (χ0n) is 10.7. The number of hydrogen-bond acceptors (Lipinski definition) is 2. The zero-order valence-corrected chi connectivity index (χ0v) is 13.1. The highest BCUT2D eigenvalue weighted by molar-refractivity contribution is 9.10. The van der Waals surface area contributed by atoms with Gasteiger partial charge in [-0.1, -0.05) is 32.5 Å². The lowest BCUT2D eigenvalue weighted by Crippen LogP contribution is -2.25. The summed E-state index contributed by atoms with van der Waals surface area (Å²) in [4.78, 5) is 0. The van der Waals surface area contributed by atoms with Crippen LogP contribution in [0, 0.1) is 6.92 Å². The van der Waals surface area contributed by atoms with E-state index in [9.17, 15) is 4.55 Å². The number of nitrogens with zero attached hydrogens (tertiary/aromatic N) is 1. The molecule has 0 N–H and O–H groups in total. The molecule has 1 rings (SSSR count). The van der Waals surface area contributed by atoms with Crippen molar-refractivity contribution in [1.29, 1.82) is 0 Å². The molecule has 1 aromatic rings. The maximum absolute atomic E-state index is 11.7. The summed E-state index contributed by atoms with van der Waals surface area (Å²) < 4.78 is 16.6. The molecule has 2 nitrogen and oxygen atoms in total. The molecule has 0 aliphatic heterocycles. The van der Waals surface area contributed by atoms with Gasteiger partial charge in [-0.3, -0.25) is 0 Å². The van der Waals surface area contributed by atoms with E-state index in [2.05, 4.69) is 33.3 Å². The van der Waals surface area contributed by atoms with E-state index in [1.807, 2.05) is 32.9 Å². The molecular formula is C13H18BrNOS. The van der Waals surface area contributed by atoms with E-state index >= 15 is 0 Å². The van der Waals surface area contributed by atoms with Crippen LogP contribution < -0.4 is 0 Å². The molecule has 94 valence electrons. The molecule has 0 heterocycles. The highest BCUT2D eigenvalue weighted by Gasteiger charge is 2.25. The maximum atomic E-state index is 11.7. The van der Waals surface area contributed by atoms with Crippen molar-refractivity contribution in [2.75, 3.05) is 0 Å². The molecule has 0 radical (unpaired) electrons. The molecule has 0 spiro atoms. The Balaban J connectivity index is 2.68. The van der Waals surface area contributed by atoms with Crippen LogP contribution in [0.4, 0.5) is 0 Å². The average molecular weight is 316 g/mol. The van der Waals surface area contributed by atoms with Gasteiger partial charge in [-0.05, 0) is 44.9 Å². The van der Waals surface area contributed by atoms with Gasteiger partial charge in [0.15, 0.2) is 0 Å². The Bertz CT molecular complexity index is 412. The van der Waals surface area contributed by atoms with Crippen LogP contribution in [0.25, 0.3) is 0 Å². The monoisotopic (exact) mass is 315 g/mol. The molecule has 1 atom stereocenters. The Morgan fingerprint density at radius 3 is 2.65 bits per heavy atom. The van der Waals surface area contributed by atoms with E-state index in [-0.39, 0.29) is 4.75 Å². The highest BCUT2D eigenvalue weighted by atomic mass is 79.9. The minimum Gasteiger partial charge on any atom is -0.591 e. The van der Waals surface area contributed by atoms with Crippen LogP contribution in [0.3, 0.4) is 0 Å². The van der Waals surface area contributed by atoms with Crippen LogP contribution in [-0.4, -0.2) is 15.5 Å². The fourth-order valence-corrected chi connectivity index (χ4v) is 2.17. The molecule has 0 aromatic heterocycles. The predicted molar refractivity (Wildman–Crippen MR) is 79.0 cm³/mol. The van der Waals surface area contributed by atoms with Crippen molar-refractivity contribution in [1.82, 2.24) is 0 Å². The second-order valence-electron chi connectivity index (χ2n) is 4.88. The Morgan fingerprint density at radius 1 is 1.41 bits per heavy atom. The summed E-state index contributed by atoms with van der Waals surface area (Å²) in [5.41, 5.74) is 2.41. The van der Waals surface area contributed by atoms with Gasteiger partial charge in [-0.2, -0.15) is 0 Å². The molecule has 0 fully saturated rings. The van der Waals surface area contributed by atoms with E-state index in [4.69, 9.17) is 0 Å². The lowest BCUT2D eigenvalue weighted by atomic mass is 10.1. The molecule has 0 amide bonds. The molecule has 0 saturated carbocycles. The summed E-state index contributed by atoms with van der Waals surface area (Å²) in [6, 6.07) is 6.08. The topological polar surface area (TPSA) is 35.4 Å². The summed E-state index contributed by atoms with van der Waals surface area (Å²) in [6.07, 6.45) is 2.46. The van der Waals surface area contributed by atoms with Crippen LogP contribution in [0.15, 0.2) is 27.1 Å². The summed E-state index contributed by atoms with van der Waals surface area (Å²) in [6.45, 7) is 7.83. The average Bonchev–Trinajstić information content (AvgIpc) is 2.22. The SMILES string of the molecule is Cc1c(Br)cccc1C/C=N/[S+]([O-])C(C)(C)C. The number of halogens is 1. The summed E-state index contributed by atoms with van der Waals surface area (Å²) in [7, 11) is 0. The first-order valence-corrected chi connectivity index (χ1v) is 7.41. The van der Waals surface area contributed by atoms with Gasteiger partial charge in [0.05, 0.1) is 6.21 Å². The first-order valence-electron chi connectivity index (χ1n) is 5.51. The molecule has 17 heavy (non-hydrogen) atoms. The van der Waals surface area contributed by atoms with E-state index in [0.717, 1.165) is 4.47 Å². The van der Waals surface area contributed by atoms with Gasteiger partial charge in [0, 0.05) is 10.9 Å². The fraction of sp³-hybridized carbons (Fsp3) is 0.462. The smallest absolute Gasteiger partial charge is 0.144 e. The van der Waals surface area contributed by atoms with Gasteiger partial charge in [-0.15, -0.1) is 0 Å². The summed E-state index contributed by atoms with van der Waals surface area (Å²) in [5, 5.41) is 0. The Morgan fingerprint density at radius 2 is 2.06 bits per heavy atom. The third-order valence-electron chi connectivity index (χ3n) is 2.39.